The van der Waals surface area contributed by atoms with E-state index in [0.29, 0.717) is 0 Å². The van der Waals surface area contributed by atoms with Crippen molar-refractivity contribution in [3.63, 3.8) is 0 Å². The van der Waals surface area contributed by atoms with Gasteiger partial charge in [-0.05, 0) is 24.6 Å². The molecule has 0 radical (unpaired) electrons. The SMILES string of the molecule is Cc1ccc(Oc2cscc2CO)c(N(C)C)c1.Cl. The number of halogens is 1. The van der Waals surface area contributed by atoms with Gasteiger partial charge >= 0.3 is 0 Å². The molecule has 0 atom stereocenters. The average Bonchev–Trinajstić information content (AvgIpc) is 2.78. The van der Waals surface area contributed by atoms with Crippen molar-refractivity contribution in [2.45, 2.75) is 13.5 Å². The first kappa shape index (κ1) is 15.8. The summed E-state index contributed by atoms with van der Waals surface area (Å²) in [5.41, 5.74) is 3.05. The Kier molecular flexibility index (Phi) is 5.66. The van der Waals surface area contributed by atoms with Crippen molar-refractivity contribution in [1.29, 1.82) is 0 Å². The number of anilines is 1. The second kappa shape index (κ2) is 6.80. The molecule has 1 N–H and O–H groups in total. The van der Waals surface area contributed by atoms with Crippen molar-refractivity contribution in [2.24, 2.45) is 0 Å². The summed E-state index contributed by atoms with van der Waals surface area (Å²) in [6.45, 7) is 2.06. The van der Waals surface area contributed by atoms with Gasteiger partial charge in [0.15, 0.2) is 5.75 Å². The number of benzene rings is 1. The van der Waals surface area contributed by atoms with Crippen LogP contribution in [0.15, 0.2) is 29.0 Å². The molecule has 0 saturated carbocycles. The summed E-state index contributed by atoms with van der Waals surface area (Å²) in [5, 5.41) is 13.0. The Labute approximate surface area is 123 Å². The second-order valence-corrected chi connectivity index (χ2v) is 5.13. The Balaban J connectivity index is 0.00000180. The number of aryl methyl sites for hydroxylation is 1. The van der Waals surface area contributed by atoms with Crippen molar-refractivity contribution >= 4 is 29.4 Å². The van der Waals surface area contributed by atoms with Crippen LogP contribution in [-0.2, 0) is 6.61 Å². The highest BCUT2D eigenvalue weighted by Crippen LogP contribution is 2.35. The minimum Gasteiger partial charge on any atom is -0.454 e. The fourth-order valence-corrected chi connectivity index (χ4v) is 2.44. The minimum atomic E-state index is 0. The molecule has 1 aromatic carbocycles. The molecule has 0 aliphatic carbocycles. The van der Waals surface area contributed by atoms with E-state index >= 15 is 0 Å². The molecule has 5 heteroatoms. The Morgan fingerprint density at radius 1 is 1.21 bits per heavy atom. The molecule has 0 spiro atoms. The predicted molar refractivity (Wildman–Crippen MR) is 83.1 cm³/mol. The van der Waals surface area contributed by atoms with Gasteiger partial charge in [0.2, 0.25) is 0 Å². The van der Waals surface area contributed by atoms with E-state index in [9.17, 15) is 5.11 Å². The van der Waals surface area contributed by atoms with Gasteiger partial charge in [0.25, 0.3) is 0 Å². The van der Waals surface area contributed by atoms with E-state index in [1.54, 1.807) is 0 Å². The van der Waals surface area contributed by atoms with Crippen LogP contribution in [0.25, 0.3) is 0 Å². The van der Waals surface area contributed by atoms with Crippen LogP contribution in [-0.4, -0.2) is 19.2 Å². The number of hydrogen-bond acceptors (Lipinski definition) is 4. The highest BCUT2D eigenvalue weighted by molar-refractivity contribution is 7.08. The van der Waals surface area contributed by atoms with Crippen molar-refractivity contribution in [3.8, 4) is 11.5 Å². The summed E-state index contributed by atoms with van der Waals surface area (Å²) >= 11 is 1.53. The molecular weight excluding hydrogens is 282 g/mol. The lowest BCUT2D eigenvalue weighted by Crippen LogP contribution is -2.10. The van der Waals surface area contributed by atoms with Crippen molar-refractivity contribution in [2.75, 3.05) is 19.0 Å². The van der Waals surface area contributed by atoms with Crippen LogP contribution in [0.3, 0.4) is 0 Å². The van der Waals surface area contributed by atoms with Crippen LogP contribution >= 0.6 is 23.7 Å². The number of aliphatic hydroxyl groups excluding tert-OH is 1. The second-order valence-electron chi connectivity index (χ2n) is 4.39. The summed E-state index contributed by atoms with van der Waals surface area (Å²) in [7, 11) is 3.98. The standard InChI is InChI=1S/C14H17NO2S.ClH/c1-10-4-5-13(12(6-10)15(2)3)17-14-9-18-8-11(14)7-16;/h4-6,8-9,16H,7H2,1-3H3;1H. The molecule has 19 heavy (non-hydrogen) atoms. The fourth-order valence-electron chi connectivity index (χ4n) is 1.70. The zero-order valence-electron chi connectivity index (χ0n) is 11.2. The van der Waals surface area contributed by atoms with Crippen LogP contribution in [0, 0.1) is 6.92 Å². The molecule has 2 aromatic rings. The predicted octanol–water partition coefficient (Wildman–Crippen LogP) is 3.83. The maximum Gasteiger partial charge on any atom is 0.150 e. The van der Waals surface area contributed by atoms with Crippen molar-refractivity contribution < 1.29 is 9.84 Å². The van der Waals surface area contributed by atoms with E-state index in [2.05, 4.69) is 13.0 Å². The maximum absolute atomic E-state index is 9.22. The lowest BCUT2D eigenvalue weighted by molar-refractivity contribution is 0.277. The number of rotatable bonds is 4. The zero-order chi connectivity index (χ0) is 13.1. The van der Waals surface area contributed by atoms with Crippen LogP contribution in [0.1, 0.15) is 11.1 Å². The number of thiophene rings is 1. The first-order valence-electron chi connectivity index (χ1n) is 5.73. The smallest absolute Gasteiger partial charge is 0.150 e. The Hall–Kier alpha value is -1.23. The number of aliphatic hydroxyl groups is 1. The first-order chi connectivity index (χ1) is 8.61. The zero-order valence-corrected chi connectivity index (χ0v) is 12.8. The Morgan fingerprint density at radius 2 is 1.95 bits per heavy atom. The molecule has 104 valence electrons. The van der Waals surface area contributed by atoms with E-state index in [-0.39, 0.29) is 19.0 Å². The van der Waals surface area contributed by atoms with Crippen LogP contribution in [0.5, 0.6) is 11.5 Å². The number of ether oxygens (including phenoxy) is 1. The fraction of sp³-hybridized carbons (Fsp3) is 0.286. The van der Waals surface area contributed by atoms with E-state index in [4.69, 9.17) is 4.74 Å². The Morgan fingerprint density at radius 3 is 2.58 bits per heavy atom. The molecule has 0 saturated heterocycles. The topological polar surface area (TPSA) is 32.7 Å². The van der Waals surface area contributed by atoms with E-state index < -0.39 is 0 Å². The number of nitrogens with zero attached hydrogens (tertiary/aromatic N) is 1. The van der Waals surface area contributed by atoms with Crippen LogP contribution in [0.4, 0.5) is 5.69 Å². The molecule has 0 bridgehead atoms. The third kappa shape index (κ3) is 3.62. The van der Waals surface area contributed by atoms with Crippen molar-refractivity contribution in [3.05, 3.63) is 40.1 Å². The summed E-state index contributed by atoms with van der Waals surface area (Å²) < 4.78 is 5.90. The van der Waals surface area contributed by atoms with Gasteiger partial charge in [0.05, 0.1) is 12.3 Å². The molecule has 0 unspecified atom stereocenters. The monoisotopic (exact) mass is 299 g/mol. The van der Waals surface area contributed by atoms with Crippen LogP contribution < -0.4 is 9.64 Å². The summed E-state index contributed by atoms with van der Waals surface area (Å²) in [4.78, 5) is 2.02. The van der Waals surface area contributed by atoms with Crippen LogP contribution in [0.2, 0.25) is 0 Å². The first-order valence-corrected chi connectivity index (χ1v) is 6.68. The molecule has 0 amide bonds. The lowest BCUT2D eigenvalue weighted by atomic mass is 10.2. The van der Waals surface area contributed by atoms with Gasteiger partial charge in [-0.15, -0.1) is 23.7 Å². The molecule has 3 nitrogen and oxygen atoms in total. The van der Waals surface area contributed by atoms with E-state index in [0.717, 1.165) is 22.7 Å². The van der Waals surface area contributed by atoms with Gasteiger partial charge in [-0.1, -0.05) is 6.07 Å². The van der Waals surface area contributed by atoms with Gasteiger partial charge in [-0.3, -0.25) is 0 Å². The van der Waals surface area contributed by atoms with Gasteiger partial charge in [-0.25, -0.2) is 0 Å². The molecule has 1 heterocycles. The normalized spacial score (nSPS) is 9.89. The van der Waals surface area contributed by atoms with E-state index in [1.807, 2.05) is 41.9 Å². The van der Waals surface area contributed by atoms with Gasteiger partial charge < -0.3 is 14.7 Å². The quantitative estimate of drug-likeness (QED) is 0.931. The third-order valence-corrected chi connectivity index (χ3v) is 3.46. The molecule has 0 aliphatic rings. The van der Waals surface area contributed by atoms with Crippen molar-refractivity contribution in [1.82, 2.24) is 0 Å². The van der Waals surface area contributed by atoms with Gasteiger partial charge in [-0.2, -0.15) is 0 Å². The molecule has 0 fully saturated rings. The molecule has 0 aliphatic heterocycles. The average molecular weight is 300 g/mol. The highest BCUT2D eigenvalue weighted by atomic mass is 35.5. The minimum absolute atomic E-state index is 0. The molecule has 1 aromatic heterocycles. The largest absolute Gasteiger partial charge is 0.454 e. The number of hydrogen-bond donors (Lipinski definition) is 1. The maximum atomic E-state index is 9.22. The summed E-state index contributed by atoms with van der Waals surface area (Å²) in [6.07, 6.45) is 0. The Bertz CT molecular complexity index is 540. The van der Waals surface area contributed by atoms with E-state index in [1.165, 1.54) is 16.9 Å². The highest BCUT2D eigenvalue weighted by Gasteiger charge is 2.10. The third-order valence-electron chi connectivity index (χ3n) is 2.69. The van der Waals surface area contributed by atoms with Gasteiger partial charge in [0, 0.05) is 30.4 Å². The summed E-state index contributed by atoms with van der Waals surface area (Å²) in [5.74, 6) is 1.54. The molecule has 2 rings (SSSR count). The van der Waals surface area contributed by atoms with Gasteiger partial charge in [0.1, 0.15) is 5.75 Å². The molecular formula is C14H18ClNO2S. The lowest BCUT2D eigenvalue weighted by Gasteiger charge is -2.18. The summed E-state index contributed by atoms with van der Waals surface area (Å²) in [6, 6.07) is 6.07.